The van der Waals surface area contributed by atoms with Gasteiger partial charge in [0.2, 0.25) is 0 Å². The maximum absolute atomic E-state index is 13.0. The summed E-state index contributed by atoms with van der Waals surface area (Å²) in [7, 11) is 0. The predicted molar refractivity (Wildman–Crippen MR) is 110 cm³/mol. The third-order valence-electron chi connectivity index (χ3n) is 4.15. The zero-order valence-electron chi connectivity index (χ0n) is 14.8. The molecule has 1 aromatic heterocycles. The van der Waals surface area contributed by atoms with Gasteiger partial charge in [-0.25, -0.2) is 4.98 Å². The average molecular weight is 374 g/mol. The van der Waals surface area contributed by atoms with Crippen molar-refractivity contribution in [2.24, 2.45) is 0 Å². The number of hydrogen-bond donors (Lipinski definition) is 0. The number of hydrogen-bond acceptors (Lipinski definition) is 4. The van der Waals surface area contributed by atoms with E-state index in [1.807, 2.05) is 85.1 Å². The van der Waals surface area contributed by atoms with Crippen molar-refractivity contribution in [3.8, 4) is 5.75 Å². The van der Waals surface area contributed by atoms with Gasteiger partial charge in [0.25, 0.3) is 5.91 Å². The Morgan fingerprint density at radius 1 is 1.00 bits per heavy atom. The van der Waals surface area contributed by atoms with Gasteiger partial charge >= 0.3 is 0 Å². The number of carbonyl (C=O) groups excluding carboxylic acids is 1. The molecule has 0 saturated carbocycles. The molecule has 0 N–H and O–H groups in total. The van der Waals surface area contributed by atoms with E-state index in [4.69, 9.17) is 4.74 Å². The van der Waals surface area contributed by atoms with Gasteiger partial charge in [0.1, 0.15) is 5.75 Å². The van der Waals surface area contributed by atoms with Crippen molar-refractivity contribution in [1.82, 2.24) is 4.98 Å². The van der Waals surface area contributed by atoms with E-state index in [1.54, 1.807) is 4.90 Å². The summed E-state index contributed by atoms with van der Waals surface area (Å²) in [6.45, 7) is 1.85. The molecule has 0 unspecified atom stereocenters. The molecule has 0 aliphatic heterocycles. The molecule has 0 radical (unpaired) electrons. The molecular weight excluding hydrogens is 356 g/mol. The Bertz CT molecular complexity index is 1080. The zero-order valence-corrected chi connectivity index (χ0v) is 15.6. The van der Waals surface area contributed by atoms with Crippen LogP contribution in [0.5, 0.6) is 5.75 Å². The van der Waals surface area contributed by atoms with Gasteiger partial charge in [-0.05, 0) is 42.0 Å². The number of carbonyl (C=O) groups is 1. The quantitative estimate of drug-likeness (QED) is 0.473. The Hall–Kier alpha value is -3.18. The summed E-state index contributed by atoms with van der Waals surface area (Å²) in [5.74, 6) is 0.508. The first-order valence-electron chi connectivity index (χ1n) is 8.62. The van der Waals surface area contributed by atoms with Crippen LogP contribution in [0.15, 0.2) is 78.2 Å². The number of ether oxygens (including phenoxy) is 1. The van der Waals surface area contributed by atoms with Crippen molar-refractivity contribution in [1.29, 1.82) is 0 Å². The van der Waals surface area contributed by atoms with E-state index in [2.05, 4.69) is 4.98 Å². The molecule has 0 aliphatic rings. The van der Waals surface area contributed by atoms with Gasteiger partial charge in [0.05, 0.1) is 11.4 Å². The maximum atomic E-state index is 13.0. The summed E-state index contributed by atoms with van der Waals surface area (Å²) in [6.07, 6.45) is 0. The summed E-state index contributed by atoms with van der Waals surface area (Å²) >= 11 is 1.44. The normalized spacial score (nSPS) is 10.7. The highest BCUT2D eigenvalue weighted by Crippen LogP contribution is 2.29. The Balaban J connectivity index is 1.56. The van der Waals surface area contributed by atoms with Gasteiger partial charge in [0, 0.05) is 5.38 Å². The largest absolute Gasteiger partial charge is 0.484 e. The maximum Gasteiger partial charge on any atom is 0.271 e. The number of benzene rings is 3. The van der Waals surface area contributed by atoms with E-state index < -0.39 is 0 Å². The fourth-order valence-corrected chi connectivity index (χ4v) is 3.69. The highest BCUT2D eigenvalue weighted by atomic mass is 32.1. The fraction of sp³-hybridized carbons (Fsp3) is 0.0909. The number of nitrogens with zero attached hydrogens (tertiary/aromatic N) is 2. The third kappa shape index (κ3) is 3.83. The zero-order chi connectivity index (χ0) is 18.6. The van der Waals surface area contributed by atoms with E-state index in [9.17, 15) is 4.79 Å². The minimum atomic E-state index is -0.163. The molecule has 1 amide bonds. The van der Waals surface area contributed by atoms with Gasteiger partial charge in [-0.2, -0.15) is 0 Å². The molecule has 0 saturated heterocycles. The third-order valence-corrected chi connectivity index (χ3v) is 5.09. The fourth-order valence-electron chi connectivity index (χ4n) is 2.85. The topological polar surface area (TPSA) is 42.4 Å². The van der Waals surface area contributed by atoms with Gasteiger partial charge in [0.15, 0.2) is 11.7 Å². The van der Waals surface area contributed by atoms with Crippen LogP contribution in [0.3, 0.4) is 0 Å². The molecule has 0 bridgehead atoms. The van der Waals surface area contributed by atoms with E-state index in [0.29, 0.717) is 10.9 Å². The summed E-state index contributed by atoms with van der Waals surface area (Å²) in [6, 6.07) is 23.4. The average Bonchev–Trinajstić information content (AvgIpc) is 3.13. The number of fused-ring (bicyclic) bond motifs is 1. The summed E-state index contributed by atoms with van der Waals surface area (Å²) < 4.78 is 5.79. The number of aryl methyl sites for hydroxylation is 1. The lowest BCUT2D eigenvalue weighted by Crippen LogP contribution is -2.30. The van der Waals surface area contributed by atoms with Crippen LogP contribution in [0, 0.1) is 6.92 Å². The second-order valence-electron chi connectivity index (χ2n) is 6.13. The van der Waals surface area contributed by atoms with Crippen molar-refractivity contribution in [3.05, 3.63) is 83.9 Å². The molecule has 0 spiro atoms. The van der Waals surface area contributed by atoms with Crippen molar-refractivity contribution < 1.29 is 9.53 Å². The molecule has 3 aromatic carbocycles. The Morgan fingerprint density at radius 2 is 1.74 bits per heavy atom. The SMILES string of the molecule is Cc1csc(N(C(=O)COc2ccc3ccccc3c2)c2ccccc2)n1. The van der Waals surface area contributed by atoms with Crippen LogP contribution in [-0.2, 0) is 4.79 Å². The first-order chi connectivity index (χ1) is 13.2. The first-order valence-corrected chi connectivity index (χ1v) is 9.50. The molecule has 134 valence electrons. The molecule has 0 atom stereocenters. The second-order valence-corrected chi connectivity index (χ2v) is 6.97. The number of para-hydroxylation sites is 1. The monoisotopic (exact) mass is 374 g/mol. The van der Waals surface area contributed by atoms with Crippen molar-refractivity contribution in [2.45, 2.75) is 6.92 Å². The molecule has 1 heterocycles. The van der Waals surface area contributed by atoms with Crippen molar-refractivity contribution in [3.63, 3.8) is 0 Å². The molecule has 0 aliphatic carbocycles. The summed E-state index contributed by atoms with van der Waals surface area (Å²) in [4.78, 5) is 19.0. The van der Waals surface area contributed by atoms with Gasteiger partial charge in [-0.3, -0.25) is 9.69 Å². The number of aromatic nitrogens is 1. The van der Waals surface area contributed by atoms with Crippen molar-refractivity contribution in [2.75, 3.05) is 11.5 Å². The van der Waals surface area contributed by atoms with Crippen LogP contribution in [-0.4, -0.2) is 17.5 Å². The standard InChI is InChI=1S/C22H18N2O2S/c1-16-15-27-22(23-16)24(19-9-3-2-4-10-19)21(25)14-26-20-12-11-17-7-5-6-8-18(17)13-20/h2-13,15H,14H2,1H3. The van der Waals surface area contributed by atoms with Gasteiger partial charge in [-0.15, -0.1) is 11.3 Å². The molecule has 4 aromatic rings. The van der Waals surface area contributed by atoms with Crippen LogP contribution >= 0.6 is 11.3 Å². The number of anilines is 2. The first kappa shape index (κ1) is 17.2. The van der Waals surface area contributed by atoms with E-state index in [-0.39, 0.29) is 12.5 Å². The summed E-state index contributed by atoms with van der Waals surface area (Å²) in [5.41, 5.74) is 1.66. The van der Waals surface area contributed by atoms with Gasteiger partial charge < -0.3 is 4.74 Å². The molecule has 27 heavy (non-hydrogen) atoms. The smallest absolute Gasteiger partial charge is 0.271 e. The molecule has 5 heteroatoms. The van der Waals surface area contributed by atoms with Crippen LogP contribution in [0.2, 0.25) is 0 Å². The Morgan fingerprint density at radius 3 is 2.48 bits per heavy atom. The number of amides is 1. The predicted octanol–water partition coefficient (Wildman–Crippen LogP) is 5.35. The van der Waals surface area contributed by atoms with Gasteiger partial charge in [-0.1, -0.05) is 48.5 Å². The van der Waals surface area contributed by atoms with E-state index >= 15 is 0 Å². The number of thiazole rings is 1. The highest BCUT2D eigenvalue weighted by molar-refractivity contribution is 7.14. The van der Waals surface area contributed by atoms with Crippen LogP contribution < -0.4 is 9.64 Å². The van der Waals surface area contributed by atoms with Crippen LogP contribution in [0.1, 0.15) is 5.69 Å². The highest BCUT2D eigenvalue weighted by Gasteiger charge is 2.21. The van der Waals surface area contributed by atoms with Crippen LogP contribution in [0.4, 0.5) is 10.8 Å². The van der Waals surface area contributed by atoms with Crippen LogP contribution in [0.25, 0.3) is 10.8 Å². The second kappa shape index (κ2) is 7.60. The summed E-state index contributed by atoms with van der Waals surface area (Å²) in [5, 5.41) is 4.80. The van der Waals surface area contributed by atoms with E-state index in [0.717, 1.165) is 22.2 Å². The molecule has 0 fully saturated rings. The molecule has 4 nitrogen and oxygen atoms in total. The Labute approximate surface area is 161 Å². The number of rotatable bonds is 5. The minimum absolute atomic E-state index is 0.0636. The van der Waals surface area contributed by atoms with E-state index in [1.165, 1.54) is 11.3 Å². The molecule has 4 rings (SSSR count). The minimum Gasteiger partial charge on any atom is -0.484 e. The van der Waals surface area contributed by atoms with Crippen molar-refractivity contribution >= 4 is 38.8 Å². The lowest BCUT2D eigenvalue weighted by Gasteiger charge is -2.20. The lowest BCUT2D eigenvalue weighted by molar-refractivity contribution is -0.119. The Kier molecular flexibility index (Phi) is 4.85. The lowest BCUT2D eigenvalue weighted by atomic mass is 10.1. The molecular formula is C22H18N2O2S.